The summed E-state index contributed by atoms with van der Waals surface area (Å²) in [5.74, 6) is 0.443. The van der Waals surface area contributed by atoms with Gasteiger partial charge in [-0.05, 0) is 36.5 Å². The maximum Gasteiger partial charge on any atom is 0.237 e. The first-order valence-electron chi connectivity index (χ1n) is 7.66. The molecule has 3 rings (SSSR count). The van der Waals surface area contributed by atoms with E-state index in [4.69, 9.17) is 11.6 Å². The lowest BCUT2D eigenvalue weighted by Gasteiger charge is -2.34. The zero-order chi connectivity index (χ0) is 15.5. The van der Waals surface area contributed by atoms with Gasteiger partial charge in [-0.25, -0.2) is 0 Å². The summed E-state index contributed by atoms with van der Waals surface area (Å²) in [6.07, 6.45) is 2.17. The number of halogens is 1. The van der Waals surface area contributed by atoms with Crippen molar-refractivity contribution in [3.63, 3.8) is 0 Å². The average molecular weight is 322 g/mol. The van der Waals surface area contributed by atoms with Gasteiger partial charge in [0.2, 0.25) is 11.8 Å². The first-order chi connectivity index (χ1) is 10.6. The molecule has 0 bridgehead atoms. The fraction of sp³-hybridized carbons (Fsp3) is 0.500. The van der Waals surface area contributed by atoms with E-state index in [0.29, 0.717) is 24.0 Å². The molecule has 0 aromatic heterocycles. The van der Waals surface area contributed by atoms with Crippen molar-refractivity contribution < 1.29 is 9.59 Å². The summed E-state index contributed by atoms with van der Waals surface area (Å²) in [5, 5.41) is 6.48. The van der Waals surface area contributed by atoms with Crippen molar-refractivity contribution in [1.82, 2.24) is 15.5 Å². The predicted octanol–water partition coefficient (Wildman–Crippen LogP) is 1.17. The Balaban J connectivity index is 1.52. The number of amides is 2. The molecule has 1 aromatic carbocycles. The molecule has 6 heteroatoms. The van der Waals surface area contributed by atoms with Crippen LogP contribution in [0.3, 0.4) is 0 Å². The van der Waals surface area contributed by atoms with Crippen LogP contribution in [0, 0.1) is 5.92 Å². The van der Waals surface area contributed by atoms with Gasteiger partial charge in [0, 0.05) is 24.7 Å². The molecule has 1 aromatic rings. The predicted molar refractivity (Wildman–Crippen MR) is 84.4 cm³/mol. The summed E-state index contributed by atoms with van der Waals surface area (Å²) in [6.45, 7) is 2.11. The van der Waals surface area contributed by atoms with Crippen LogP contribution in [-0.4, -0.2) is 42.4 Å². The number of nitrogens with one attached hydrogen (secondary N) is 2. The summed E-state index contributed by atoms with van der Waals surface area (Å²) >= 11 is 5.84. The minimum absolute atomic E-state index is 0.0460. The molecule has 5 nitrogen and oxygen atoms in total. The van der Waals surface area contributed by atoms with Gasteiger partial charge in [-0.1, -0.05) is 23.7 Å². The van der Waals surface area contributed by atoms with Crippen molar-refractivity contribution in [1.29, 1.82) is 0 Å². The molecule has 1 aliphatic carbocycles. The molecule has 1 saturated heterocycles. The van der Waals surface area contributed by atoms with Crippen LogP contribution in [0.25, 0.3) is 0 Å². The van der Waals surface area contributed by atoms with E-state index < -0.39 is 0 Å². The second-order valence-electron chi connectivity index (χ2n) is 5.95. The largest absolute Gasteiger partial charge is 0.353 e. The first kappa shape index (κ1) is 15.3. The Bertz CT molecular complexity index is 557. The number of rotatable bonds is 5. The third kappa shape index (κ3) is 3.78. The zero-order valence-electron chi connectivity index (χ0n) is 12.3. The second kappa shape index (κ2) is 6.67. The normalized spacial score (nSPS) is 22.2. The standard InChI is InChI=1S/C16H20ClN3O2/c17-13-5-1-11(2-6-13)9-19-14(21)10-20-8-7-18-16(22)15(20)12-3-4-12/h1-2,5-6,12,15H,3-4,7-10H2,(H,18,22)(H,19,21). The van der Waals surface area contributed by atoms with Crippen LogP contribution in [0.15, 0.2) is 24.3 Å². The summed E-state index contributed by atoms with van der Waals surface area (Å²) in [6, 6.07) is 7.27. The molecule has 118 valence electrons. The molecule has 2 fully saturated rings. The van der Waals surface area contributed by atoms with E-state index in [-0.39, 0.29) is 24.4 Å². The Morgan fingerprint density at radius 3 is 2.73 bits per heavy atom. The molecule has 2 amide bonds. The van der Waals surface area contributed by atoms with Gasteiger partial charge in [0.1, 0.15) is 0 Å². The Morgan fingerprint density at radius 2 is 2.05 bits per heavy atom. The van der Waals surface area contributed by atoms with Crippen molar-refractivity contribution in [3.8, 4) is 0 Å². The first-order valence-corrected chi connectivity index (χ1v) is 8.04. The van der Waals surface area contributed by atoms with Crippen LogP contribution in [0.5, 0.6) is 0 Å². The van der Waals surface area contributed by atoms with Crippen molar-refractivity contribution in [2.45, 2.75) is 25.4 Å². The van der Waals surface area contributed by atoms with E-state index in [1.807, 2.05) is 17.0 Å². The molecule has 0 radical (unpaired) electrons. The number of carbonyl (C=O) groups is 2. The van der Waals surface area contributed by atoms with Gasteiger partial charge in [-0.2, -0.15) is 0 Å². The SMILES string of the molecule is O=C(CN1CCNC(=O)C1C1CC1)NCc1ccc(Cl)cc1. The van der Waals surface area contributed by atoms with Crippen molar-refractivity contribution >= 4 is 23.4 Å². The van der Waals surface area contributed by atoms with Crippen molar-refractivity contribution in [2.24, 2.45) is 5.92 Å². The highest BCUT2D eigenvalue weighted by molar-refractivity contribution is 6.30. The number of piperazine rings is 1. The van der Waals surface area contributed by atoms with Crippen LogP contribution >= 0.6 is 11.6 Å². The van der Waals surface area contributed by atoms with Crippen molar-refractivity contribution in [2.75, 3.05) is 19.6 Å². The Kier molecular flexibility index (Phi) is 4.64. The Morgan fingerprint density at radius 1 is 1.32 bits per heavy atom. The number of hydrogen-bond acceptors (Lipinski definition) is 3. The van der Waals surface area contributed by atoms with Gasteiger partial charge < -0.3 is 10.6 Å². The zero-order valence-corrected chi connectivity index (χ0v) is 13.1. The van der Waals surface area contributed by atoms with E-state index in [2.05, 4.69) is 10.6 Å². The lowest BCUT2D eigenvalue weighted by molar-refractivity contribution is -0.132. The van der Waals surface area contributed by atoms with Gasteiger partial charge in [0.15, 0.2) is 0 Å². The molecule has 1 unspecified atom stereocenters. The smallest absolute Gasteiger partial charge is 0.237 e. The molecule has 22 heavy (non-hydrogen) atoms. The number of nitrogens with zero attached hydrogens (tertiary/aromatic N) is 1. The molecule has 1 aliphatic heterocycles. The molecule has 2 N–H and O–H groups in total. The van der Waals surface area contributed by atoms with Crippen LogP contribution in [0.2, 0.25) is 5.02 Å². The maximum atomic E-state index is 12.1. The highest BCUT2D eigenvalue weighted by Crippen LogP contribution is 2.36. The highest BCUT2D eigenvalue weighted by atomic mass is 35.5. The second-order valence-corrected chi connectivity index (χ2v) is 6.38. The summed E-state index contributed by atoms with van der Waals surface area (Å²) < 4.78 is 0. The van der Waals surface area contributed by atoms with Gasteiger partial charge in [-0.15, -0.1) is 0 Å². The van der Waals surface area contributed by atoms with E-state index in [1.165, 1.54) is 0 Å². The van der Waals surface area contributed by atoms with E-state index in [9.17, 15) is 9.59 Å². The number of hydrogen-bond donors (Lipinski definition) is 2. The molecule has 0 spiro atoms. The van der Waals surface area contributed by atoms with Gasteiger partial charge in [0.05, 0.1) is 12.6 Å². The molecular formula is C16H20ClN3O2. The minimum atomic E-state index is -0.130. The topological polar surface area (TPSA) is 61.4 Å². The quantitative estimate of drug-likeness (QED) is 0.855. The van der Waals surface area contributed by atoms with Crippen LogP contribution in [0.1, 0.15) is 18.4 Å². The Hall–Kier alpha value is -1.59. The molecule has 1 atom stereocenters. The number of carbonyl (C=O) groups excluding carboxylic acids is 2. The number of benzene rings is 1. The van der Waals surface area contributed by atoms with Crippen molar-refractivity contribution in [3.05, 3.63) is 34.9 Å². The average Bonchev–Trinajstić information content (AvgIpc) is 3.31. The molecular weight excluding hydrogens is 302 g/mol. The van der Waals surface area contributed by atoms with E-state index in [1.54, 1.807) is 12.1 Å². The highest BCUT2D eigenvalue weighted by Gasteiger charge is 2.42. The van der Waals surface area contributed by atoms with Crippen LogP contribution in [-0.2, 0) is 16.1 Å². The van der Waals surface area contributed by atoms with Gasteiger partial charge >= 0.3 is 0 Å². The third-order valence-electron chi connectivity index (χ3n) is 4.18. The van der Waals surface area contributed by atoms with Gasteiger partial charge in [-0.3, -0.25) is 14.5 Å². The monoisotopic (exact) mass is 321 g/mol. The lowest BCUT2D eigenvalue weighted by Crippen LogP contribution is -2.58. The molecule has 2 aliphatic rings. The van der Waals surface area contributed by atoms with Crippen LogP contribution < -0.4 is 10.6 Å². The lowest BCUT2D eigenvalue weighted by atomic mass is 10.1. The maximum absolute atomic E-state index is 12.1. The minimum Gasteiger partial charge on any atom is -0.353 e. The van der Waals surface area contributed by atoms with E-state index in [0.717, 1.165) is 24.9 Å². The third-order valence-corrected chi connectivity index (χ3v) is 4.43. The van der Waals surface area contributed by atoms with E-state index >= 15 is 0 Å². The Labute approximate surface area is 135 Å². The van der Waals surface area contributed by atoms with Gasteiger partial charge in [0.25, 0.3) is 0 Å². The summed E-state index contributed by atoms with van der Waals surface area (Å²) in [7, 11) is 0. The summed E-state index contributed by atoms with van der Waals surface area (Å²) in [5.41, 5.74) is 1.01. The molecule has 1 heterocycles. The fourth-order valence-corrected chi connectivity index (χ4v) is 3.00. The molecule has 1 saturated carbocycles. The fourth-order valence-electron chi connectivity index (χ4n) is 2.88. The summed E-state index contributed by atoms with van der Waals surface area (Å²) in [4.78, 5) is 26.1. The van der Waals surface area contributed by atoms with Crippen LogP contribution in [0.4, 0.5) is 0 Å².